The summed E-state index contributed by atoms with van der Waals surface area (Å²) in [4.78, 5) is 14.0. The van der Waals surface area contributed by atoms with E-state index in [1.54, 1.807) is 18.2 Å². The maximum Gasteiger partial charge on any atom is 0.269 e. The van der Waals surface area contributed by atoms with Crippen molar-refractivity contribution in [2.24, 2.45) is 0 Å². The highest BCUT2D eigenvalue weighted by atomic mass is 35.5. The van der Waals surface area contributed by atoms with Crippen molar-refractivity contribution in [2.75, 3.05) is 24.3 Å². The van der Waals surface area contributed by atoms with Crippen molar-refractivity contribution in [3.63, 3.8) is 0 Å². The molecule has 5 nitrogen and oxygen atoms in total. The molecule has 0 aliphatic heterocycles. The topological polar surface area (TPSA) is 56.4 Å². The predicted molar refractivity (Wildman–Crippen MR) is 99.0 cm³/mol. The molecule has 0 fully saturated rings. The third kappa shape index (κ3) is 4.81. The zero-order valence-electron chi connectivity index (χ0n) is 13.1. The smallest absolute Gasteiger partial charge is 0.269 e. The Bertz CT molecular complexity index is 769. The highest BCUT2D eigenvalue weighted by Crippen LogP contribution is 2.19. The van der Waals surface area contributed by atoms with Crippen LogP contribution in [0, 0.1) is 5.82 Å². The zero-order valence-corrected chi connectivity index (χ0v) is 14.6. The number of rotatable bonds is 3. The SMILES string of the molecule is CN(C)c1cccc(C(=O)NNC(=S)Nc2ccc(F)c(Cl)c2)c1. The largest absolute Gasteiger partial charge is 0.378 e. The van der Waals surface area contributed by atoms with Gasteiger partial charge in [0, 0.05) is 31.0 Å². The number of thiocarbonyl (C=S) groups is 1. The number of nitrogens with one attached hydrogen (secondary N) is 3. The number of carbonyl (C=O) groups is 1. The molecule has 0 heterocycles. The molecular formula is C16H16ClFN4OS. The zero-order chi connectivity index (χ0) is 17.7. The van der Waals surface area contributed by atoms with Crippen LogP contribution in [-0.2, 0) is 0 Å². The highest BCUT2D eigenvalue weighted by molar-refractivity contribution is 7.80. The molecule has 0 radical (unpaired) electrons. The number of nitrogens with zero attached hydrogens (tertiary/aromatic N) is 1. The minimum Gasteiger partial charge on any atom is -0.378 e. The Morgan fingerprint density at radius 3 is 2.58 bits per heavy atom. The summed E-state index contributed by atoms with van der Waals surface area (Å²) in [5.41, 5.74) is 6.97. The maximum atomic E-state index is 13.1. The molecule has 3 N–H and O–H groups in total. The van der Waals surface area contributed by atoms with Crippen molar-refractivity contribution in [1.29, 1.82) is 0 Å². The molecule has 1 amide bonds. The number of amides is 1. The van der Waals surface area contributed by atoms with E-state index in [0.29, 0.717) is 11.3 Å². The van der Waals surface area contributed by atoms with Crippen LogP contribution in [0.5, 0.6) is 0 Å². The van der Waals surface area contributed by atoms with E-state index in [-0.39, 0.29) is 16.0 Å². The lowest BCUT2D eigenvalue weighted by atomic mass is 10.2. The van der Waals surface area contributed by atoms with Gasteiger partial charge in [-0.25, -0.2) is 4.39 Å². The first-order chi connectivity index (χ1) is 11.4. The predicted octanol–water partition coefficient (Wildman–Crippen LogP) is 3.18. The van der Waals surface area contributed by atoms with E-state index in [4.69, 9.17) is 23.8 Å². The van der Waals surface area contributed by atoms with Crippen LogP contribution >= 0.6 is 23.8 Å². The molecule has 0 aliphatic rings. The summed E-state index contributed by atoms with van der Waals surface area (Å²) in [6.07, 6.45) is 0. The number of carbonyl (C=O) groups excluding carboxylic acids is 1. The summed E-state index contributed by atoms with van der Waals surface area (Å²) in [6.45, 7) is 0. The van der Waals surface area contributed by atoms with Crippen LogP contribution in [0.2, 0.25) is 5.02 Å². The van der Waals surface area contributed by atoms with Gasteiger partial charge in [-0.2, -0.15) is 0 Å². The first-order valence-corrected chi connectivity index (χ1v) is 7.75. The van der Waals surface area contributed by atoms with Gasteiger partial charge < -0.3 is 10.2 Å². The molecule has 0 atom stereocenters. The Morgan fingerprint density at radius 1 is 1.17 bits per heavy atom. The summed E-state index contributed by atoms with van der Waals surface area (Å²) in [5, 5.41) is 2.92. The quantitative estimate of drug-likeness (QED) is 0.575. The van der Waals surface area contributed by atoms with Crippen molar-refractivity contribution < 1.29 is 9.18 Å². The first kappa shape index (κ1) is 18.0. The Labute approximate surface area is 149 Å². The molecule has 0 aliphatic carbocycles. The van der Waals surface area contributed by atoms with Crippen LogP contribution in [0.3, 0.4) is 0 Å². The van der Waals surface area contributed by atoms with Gasteiger partial charge in [0.05, 0.1) is 5.02 Å². The van der Waals surface area contributed by atoms with Gasteiger partial charge in [0.1, 0.15) is 5.82 Å². The van der Waals surface area contributed by atoms with Gasteiger partial charge in [0.25, 0.3) is 5.91 Å². The number of hydrogen-bond acceptors (Lipinski definition) is 3. The standard InChI is InChI=1S/C16H16ClFN4OS/c1-22(2)12-5-3-4-10(8-12)15(23)20-21-16(24)19-11-6-7-14(18)13(17)9-11/h3-9H,1-2H3,(H,20,23)(H2,19,21,24). The molecule has 24 heavy (non-hydrogen) atoms. The maximum absolute atomic E-state index is 13.1. The van der Waals surface area contributed by atoms with Gasteiger partial charge in [-0.15, -0.1) is 0 Å². The van der Waals surface area contributed by atoms with Gasteiger partial charge in [-0.05, 0) is 48.6 Å². The fourth-order valence-electron chi connectivity index (χ4n) is 1.85. The molecule has 126 valence electrons. The molecule has 0 saturated heterocycles. The Kier molecular flexibility index (Phi) is 5.94. The molecular weight excluding hydrogens is 351 g/mol. The van der Waals surface area contributed by atoms with Gasteiger partial charge in [0.2, 0.25) is 0 Å². The summed E-state index contributed by atoms with van der Waals surface area (Å²) in [7, 11) is 3.78. The van der Waals surface area contributed by atoms with E-state index < -0.39 is 5.82 Å². The molecule has 2 aromatic carbocycles. The Balaban J connectivity index is 1.92. The average Bonchev–Trinajstić information content (AvgIpc) is 2.56. The van der Waals surface area contributed by atoms with Crippen LogP contribution in [0.4, 0.5) is 15.8 Å². The summed E-state index contributed by atoms with van der Waals surface area (Å²) >= 11 is 10.8. The second kappa shape index (κ2) is 7.94. The second-order valence-electron chi connectivity index (χ2n) is 5.11. The summed E-state index contributed by atoms with van der Waals surface area (Å²) in [6, 6.07) is 11.2. The van der Waals surface area contributed by atoms with E-state index in [2.05, 4.69) is 16.2 Å². The number of hydrogen-bond donors (Lipinski definition) is 3. The lowest BCUT2D eigenvalue weighted by Crippen LogP contribution is -2.43. The average molecular weight is 367 g/mol. The third-order valence-electron chi connectivity index (χ3n) is 3.09. The van der Waals surface area contributed by atoms with Gasteiger partial charge in [-0.3, -0.25) is 15.6 Å². The van der Waals surface area contributed by atoms with Crippen LogP contribution in [-0.4, -0.2) is 25.1 Å². The molecule has 0 unspecified atom stereocenters. The normalized spacial score (nSPS) is 10.0. The molecule has 2 rings (SSSR count). The first-order valence-electron chi connectivity index (χ1n) is 6.96. The van der Waals surface area contributed by atoms with Crippen LogP contribution in [0.15, 0.2) is 42.5 Å². The van der Waals surface area contributed by atoms with Crippen molar-refractivity contribution >= 4 is 46.2 Å². The van der Waals surface area contributed by atoms with Crippen molar-refractivity contribution in [1.82, 2.24) is 10.9 Å². The lowest BCUT2D eigenvalue weighted by Gasteiger charge is -2.14. The van der Waals surface area contributed by atoms with Crippen LogP contribution in [0.25, 0.3) is 0 Å². The molecule has 2 aromatic rings. The number of halogens is 2. The number of anilines is 2. The van der Waals surface area contributed by atoms with E-state index in [1.165, 1.54) is 18.2 Å². The highest BCUT2D eigenvalue weighted by Gasteiger charge is 2.08. The van der Waals surface area contributed by atoms with Gasteiger partial charge in [0.15, 0.2) is 5.11 Å². The lowest BCUT2D eigenvalue weighted by molar-refractivity contribution is 0.0944. The Hall–Kier alpha value is -2.38. The third-order valence-corrected chi connectivity index (χ3v) is 3.59. The van der Waals surface area contributed by atoms with Crippen LogP contribution < -0.4 is 21.1 Å². The molecule has 8 heteroatoms. The van der Waals surface area contributed by atoms with Gasteiger partial charge >= 0.3 is 0 Å². The van der Waals surface area contributed by atoms with E-state index in [9.17, 15) is 9.18 Å². The number of benzene rings is 2. The fourth-order valence-corrected chi connectivity index (χ4v) is 2.20. The number of hydrazine groups is 1. The molecule has 0 bridgehead atoms. The van der Waals surface area contributed by atoms with Crippen molar-refractivity contribution in [3.05, 3.63) is 58.9 Å². The minimum atomic E-state index is -0.518. The van der Waals surface area contributed by atoms with Crippen molar-refractivity contribution in [3.8, 4) is 0 Å². The van der Waals surface area contributed by atoms with Crippen molar-refractivity contribution in [2.45, 2.75) is 0 Å². The minimum absolute atomic E-state index is 0.0210. The fraction of sp³-hybridized carbons (Fsp3) is 0.125. The van der Waals surface area contributed by atoms with Gasteiger partial charge in [-0.1, -0.05) is 17.7 Å². The summed E-state index contributed by atoms with van der Waals surface area (Å²) < 4.78 is 13.1. The second-order valence-corrected chi connectivity index (χ2v) is 5.92. The molecule has 0 saturated carbocycles. The van der Waals surface area contributed by atoms with Crippen LogP contribution in [0.1, 0.15) is 10.4 Å². The Morgan fingerprint density at radius 2 is 1.92 bits per heavy atom. The van der Waals surface area contributed by atoms with E-state index in [0.717, 1.165) is 5.69 Å². The molecule has 0 spiro atoms. The molecule has 0 aromatic heterocycles. The summed E-state index contributed by atoms with van der Waals surface area (Å²) in [5.74, 6) is -0.852. The monoisotopic (exact) mass is 366 g/mol. The van der Waals surface area contributed by atoms with E-state index >= 15 is 0 Å². The van der Waals surface area contributed by atoms with E-state index in [1.807, 2.05) is 25.1 Å².